The first-order valence-corrected chi connectivity index (χ1v) is 9.32. The molecule has 1 heterocycles. The minimum atomic E-state index is -0.171. The Morgan fingerprint density at radius 1 is 1.39 bits per heavy atom. The van der Waals surface area contributed by atoms with Crippen LogP contribution in [0.25, 0.3) is 6.08 Å². The van der Waals surface area contributed by atoms with E-state index < -0.39 is 0 Å². The van der Waals surface area contributed by atoms with Gasteiger partial charge in [-0.15, -0.1) is 0 Å². The zero-order valence-corrected chi connectivity index (χ0v) is 16.2. The average Bonchev–Trinajstić information content (AvgIpc) is 2.82. The molecule has 0 aliphatic carbocycles. The number of halogens is 1. The fourth-order valence-corrected chi connectivity index (χ4v) is 3.68. The number of ether oxygens (including phenoxy) is 2. The lowest BCUT2D eigenvalue weighted by Crippen LogP contribution is -2.17. The van der Waals surface area contributed by atoms with Crippen molar-refractivity contribution in [3.8, 4) is 11.5 Å². The van der Waals surface area contributed by atoms with Gasteiger partial charge in [-0.25, -0.2) is 0 Å². The topological polar surface area (TPSA) is 47.6 Å². The number of thiocarbonyl (C=S) groups is 1. The molecule has 1 N–H and O–H groups in total. The smallest absolute Gasteiger partial charge is 0.263 e. The molecule has 1 aliphatic rings. The Balaban J connectivity index is 2.20. The summed E-state index contributed by atoms with van der Waals surface area (Å²) in [5.74, 6) is 1.15. The quantitative estimate of drug-likeness (QED) is 0.403. The highest BCUT2D eigenvalue weighted by atomic mass is 79.9. The summed E-state index contributed by atoms with van der Waals surface area (Å²) in [5.41, 5.74) is 0.844. The van der Waals surface area contributed by atoms with Crippen molar-refractivity contribution in [3.63, 3.8) is 0 Å². The molecule has 1 aromatic carbocycles. The van der Waals surface area contributed by atoms with E-state index in [2.05, 4.69) is 28.2 Å². The van der Waals surface area contributed by atoms with E-state index in [0.717, 1.165) is 29.3 Å². The van der Waals surface area contributed by atoms with E-state index in [1.807, 2.05) is 12.1 Å². The van der Waals surface area contributed by atoms with E-state index in [1.54, 1.807) is 13.2 Å². The van der Waals surface area contributed by atoms with Crippen molar-refractivity contribution < 1.29 is 14.3 Å². The highest BCUT2D eigenvalue weighted by molar-refractivity contribution is 9.10. The Labute approximate surface area is 154 Å². The maximum absolute atomic E-state index is 11.7. The molecule has 124 valence electrons. The predicted molar refractivity (Wildman–Crippen MR) is 102 cm³/mol. The molecule has 23 heavy (non-hydrogen) atoms. The van der Waals surface area contributed by atoms with Crippen LogP contribution in [0.3, 0.4) is 0 Å². The Morgan fingerprint density at radius 3 is 2.78 bits per heavy atom. The van der Waals surface area contributed by atoms with Crippen LogP contribution >= 0.6 is 39.9 Å². The van der Waals surface area contributed by atoms with Gasteiger partial charge in [0.2, 0.25) is 0 Å². The van der Waals surface area contributed by atoms with Gasteiger partial charge in [-0.2, -0.15) is 0 Å². The molecule has 1 aromatic rings. The molecule has 2 rings (SSSR count). The van der Waals surface area contributed by atoms with Gasteiger partial charge in [0.25, 0.3) is 5.91 Å². The number of carbonyl (C=O) groups is 1. The number of nitrogens with one attached hydrogen (secondary N) is 1. The Bertz CT molecular complexity index is 646. The van der Waals surface area contributed by atoms with Gasteiger partial charge in [-0.05, 0) is 46.1 Å². The predicted octanol–water partition coefficient (Wildman–Crippen LogP) is 4.52. The van der Waals surface area contributed by atoms with E-state index in [0.29, 0.717) is 27.3 Å². The summed E-state index contributed by atoms with van der Waals surface area (Å²) in [7, 11) is 1.60. The second-order valence-corrected chi connectivity index (χ2v) is 7.52. The van der Waals surface area contributed by atoms with E-state index in [1.165, 1.54) is 11.8 Å². The maximum Gasteiger partial charge on any atom is 0.263 e. The normalized spacial score (nSPS) is 15.9. The third kappa shape index (κ3) is 4.96. The van der Waals surface area contributed by atoms with Crippen LogP contribution in [0.2, 0.25) is 0 Å². The van der Waals surface area contributed by atoms with Crippen LogP contribution in [0.1, 0.15) is 31.7 Å². The Morgan fingerprint density at radius 2 is 2.17 bits per heavy atom. The number of benzene rings is 1. The molecule has 1 saturated heterocycles. The third-order valence-corrected chi connectivity index (χ3v) is 4.94. The van der Waals surface area contributed by atoms with Crippen LogP contribution in [0.5, 0.6) is 11.5 Å². The van der Waals surface area contributed by atoms with Crippen molar-refractivity contribution in [3.05, 3.63) is 27.1 Å². The van der Waals surface area contributed by atoms with Crippen LogP contribution in [-0.4, -0.2) is 23.9 Å². The zero-order valence-electron chi connectivity index (χ0n) is 13.0. The molecule has 0 unspecified atom stereocenters. The lowest BCUT2D eigenvalue weighted by atomic mass is 10.2. The van der Waals surface area contributed by atoms with Crippen LogP contribution in [0.4, 0.5) is 0 Å². The summed E-state index contributed by atoms with van der Waals surface area (Å²) in [4.78, 5) is 12.3. The molecule has 7 heteroatoms. The van der Waals surface area contributed by atoms with Crippen LogP contribution in [-0.2, 0) is 4.79 Å². The lowest BCUT2D eigenvalue weighted by molar-refractivity contribution is -0.115. The number of amides is 1. The molecule has 4 nitrogen and oxygen atoms in total. The largest absolute Gasteiger partial charge is 0.493 e. The van der Waals surface area contributed by atoms with Crippen LogP contribution < -0.4 is 14.8 Å². The highest BCUT2D eigenvalue weighted by Crippen LogP contribution is 2.38. The van der Waals surface area contributed by atoms with Crippen molar-refractivity contribution in [2.24, 2.45) is 0 Å². The molecular weight excluding hydrogens is 398 g/mol. The van der Waals surface area contributed by atoms with Gasteiger partial charge in [0, 0.05) is 0 Å². The number of rotatable bonds is 7. The first-order chi connectivity index (χ1) is 11.0. The molecular formula is C16H18BrNO3S2. The number of methoxy groups -OCH3 is 1. The van der Waals surface area contributed by atoms with E-state index >= 15 is 0 Å². The Hall–Kier alpha value is -1.05. The van der Waals surface area contributed by atoms with Crippen molar-refractivity contribution >= 4 is 56.2 Å². The standard InChI is InChI=1S/C16H18BrNO3S2/c1-3-4-5-6-21-14-11(17)7-10(8-12(14)20-2)9-13-15(19)18-16(22)23-13/h7-9H,3-6H2,1-2H3,(H,18,19,22)/b13-9-. The number of thioether (sulfide) groups is 1. The number of unbranched alkanes of at least 4 members (excludes halogenated alkanes) is 2. The van der Waals surface area contributed by atoms with Crippen LogP contribution in [0.15, 0.2) is 21.5 Å². The summed E-state index contributed by atoms with van der Waals surface area (Å²) in [5, 5.41) is 2.60. The van der Waals surface area contributed by atoms with Gasteiger partial charge in [0.1, 0.15) is 4.32 Å². The summed E-state index contributed by atoms with van der Waals surface area (Å²) in [6.45, 7) is 2.80. The molecule has 1 amide bonds. The summed E-state index contributed by atoms with van der Waals surface area (Å²) in [6.07, 6.45) is 5.08. The minimum Gasteiger partial charge on any atom is -0.493 e. The molecule has 0 atom stereocenters. The fraction of sp³-hybridized carbons (Fsp3) is 0.375. The first kappa shape index (κ1) is 18.3. The summed E-state index contributed by atoms with van der Waals surface area (Å²) in [6, 6.07) is 3.75. The van der Waals surface area contributed by atoms with Crippen molar-refractivity contribution in [1.82, 2.24) is 5.32 Å². The highest BCUT2D eigenvalue weighted by Gasteiger charge is 2.22. The van der Waals surface area contributed by atoms with Gasteiger partial charge < -0.3 is 14.8 Å². The molecule has 1 fully saturated rings. The number of carbonyl (C=O) groups excluding carboxylic acids is 1. The Kier molecular flexibility index (Phi) is 6.92. The van der Waals surface area contributed by atoms with Crippen molar-refractivity contribution in [1.29, 1.82) is 0 Å². The molecule has 0 radical (unpaired) electrons. The maximum atomic E-state index is 11.7. The van der Waals surface area contributed by atoms with Crippen molar-refractivity contribution in [2.75, 3.05) is 13.7 Å². The lowest BCUT2D eigenvalue weighted by Gasteiger charge is -2.13. The third-order valence-electron chi connectivity index (χ3n) is 3.19. The van der Waals surface area contributed by atoms with Gasteiger partial charge in [-0.1, -0.05) is 43.7 Å². The van der Waals surface area contributed by atoms with Gasteiger partial charge in [0.15, 0.2) is 11.5 Å². The van der Waals surface area contributed by atoms with E-state index in [-0.39, 0.29) is 5.91 Å². The second-order valence-electron chi connectivity index (χ2n) is 4.94. The summed E-state index contributed by atoms with van der Waals surface area (Å²) >= 11 is 9.76. The molecule has 0 spiro atoms. The zero-order chi connectivity index (χ0) is 16.8. The van der Waals surface area contributed by atoms with Crippen molar-refractivity contribution in [2.45, 2.75) is 26.2 Å². The van der Waals surface area contributed by atoms with Gasteiger partial charge in [-0.3, -0.25) is 4.79 Å². The van der Waals surface area contributed by atoms with Crippen LogP contribution in [0, 0.1) is 0 Å². The van der Waals surface area contributed by atoms with Gasteiger partial charge in [0.05, 0.1) is 23.1 Å². The summed E-state index contributed by atoms with van der Waals surface area (Å²) < 4.78 is 12.5. The number of hydrogen-bond acceptors (Lipinski definition) is 5. The SMILES string of the molecule is CCCCCOc1c(Br)cc(/C=C2\SC(=S)NC2=O)cc1OC. The molecule has 0 saturated carbocycles. The van der Waals surface area contributed by atoms with Gasteiger partial charge >= 0.3 is 0 Å². The minimum absolute atomic E-state index is 0.171. The van der Waals surface area contributed by atoms with E-state index in [9.17, 15) is 4.79 Å². The number of hydrogen-bond donors (Lipinski definition) is 1. The molecule has 0 bridgehead atoms. The fourth-order valence-electron chi connectivity index (χ4n) is 2.06. The molecule has 0 aromatic heterocycles. The monoisotopic (exact) mass is 415 g/mol. The second kappa shape index (κ2) is 8.70. The first-order valence-electron chi connectivity index (χ1n) is 7.30. The van der Waals surface area contributed by atoms with E-state index in [4.69, 9.17) is 21.7 Å². The molecule has 1 aliphatic heterocycles. The average molecular weight is 416 g/mol.